The van der Waals surface area contributed by atoms with Crippen LogP contribution in [0, 0.1) is 0 Å². The number of benzene rings is 3. The molecule has 0 spiro atoms. The maximum atomic E-state index is 12.1. The minimum atomic E-state index is -4.92. The monoisotopic (exact) mass is 533 g/mol. The number of phenols is 1. The van der Waals surface area contributed by atoms with Crippen molar-refractivity contribution in [2.75, 3.05) is 5.32 Å². The van der Waals surface area contributed by atoms with Gasteiger partial charge in [0, 0.05) is 11.1 Å². The van der Waals surface area contributed by atoms with Crippen molar-refractivity contribution in [1.82, 2.24) is 0 Å². The Bertz CT molecular complexity index is 1680. The second-order valence-corrected chi connectivity index (χ2v) is 10.8. The summed E-state index contributed by atoms with van der Waals surface area (Å²) >= 11 is 1.29. The summed E-state index contributed by atoms with van der Waals surface area (Å²) in [6.45, 7) is 0. The van der Waals surface area contributed by atoms with E-state index in [0.717, 1.165) is 18.2 Å². The van der Waals surface area contributed by atoms with Crippen LogP contribution in [0.4, 0.5) is 17.1 Å². The molecule has 1 heterocycles. The molecule has 0 saturated carbocycles. The van der Waals surface area contributed by atoms with Crippen LogP contribution in [0.5, 0.6) is 5.75 Å². The fourth-order valence-electron chi connectivity index (χ4n) is 3.11. The van der Waals surface area contributed by atoms with Gasteiger partial charge in [0.2, 0.25) is 0 Å². The number of rotatable bonds is 6. The van der Waals surface area contributed by atoms with E-state index in [-0.39, 0.29) is 28.1 Å². The fraction of sp³-hybridized carbons (Fsp3) is 0. The van der Waals surface area contributed by atoms with E-state index in [2.05, 4.69) is 15.5 Å². The number of hydrogen-bond acceptors (Lipinski definition) is 9. The van der Waals surface area contributed by atoms with Crippen molar-refractivity contribution < 1.29 is 35.8 Å². The van der Waals surface area contributed by atoms with Crippen molar-refractivity contribution in [2.45, 2.75) is 9.79 Å². The Morgan fingerprint density at radius 3 is 2.20 bits per heavy atom. The standard InChI is InChI=1S/C21H15N3O8S3/c25-20-18(35(30,31)32)11-12-10-15(34(27,28)29)7-8-16(12)19(20)24-23-14-5-3-13(4-6-14)22-21(26)17-2-1-9-33-17/h1-11,25H,(H,22,26)(H,27,28,29)(H,30,31,32). The Hall–Kier alpha value is -3.69. The maximum Gasteiger partial charge on any atom is 0.298 e. The molecule has 3 aromatic carbocycles. The highest BCUT2D eigenvalue weighted by Crippen LogP contribution is 2.42. The molecule has 0 bridgehead atoms. The van der Waals surface area contributed by atoms with Crippen LogP contribution in [0.3, 0.4) is 0 Å². The maximum absolute atomic E-state index is 12.1. The van der Waals surface area contributed by atoms with Gasteiger partial charge in [-0.25, -0.2) is 0 Å². The Kier molecular flexibility index (Phi) is 6.40. The summed E-state index contributed by atoms with van der Waals surface area (Å²) in [5, 5.41) is 22.9. The molecule has 1 aromatic heterocycles. The lowest BCUT2D eigenvalue weighted by atomic mass is 10.1. The van der Waals surface area contributed by atoms with Crippen LogP contribution in [0.25, 0.3) is 10.8 Å². The first kappa shape index (κ1) is 24.4. The van der Waals surface area contributed by atoms with E-state index >= 15 is 0 Å². The predicted octanol–water partition coefficient (Wildman–Crippen LogP) is 4.77. The first-order chi connectivity index (χ1) is 16.4. The number of thiophene rings is 1. The highest BCUT2D eigenvalue weighted by Gasteiger charge is 2.23. The fourth-order valence-corrected chi connectivity index (χ4v) is 4.86. The number of hydrogen-bond donors (Lipinski definition) is 4. The molecule has 0 saturated heterocycles. The molecule has 0 fully saturated rings. The van der Waals surface area contributed by atoms with E-state index < -0.39 is 35.8 Å². The van der Waals surface area contributed by atoms with E-state index in [1.165, 1.54) is 29.5 Å². The summed E-state index contributed by atoms with van der Waals surface area (Å²) in [5.41, 5.74) is 0.410. The number of carbonyl (C=O) groups excluding carboxylic acids is 1. The number of azo groups is 1. The van der Waals surface area contributed by atoms with E-state index in [0.29, 0.717) is 10.6 Å². The number of phenolic OH excluding ortho intramolecular Hbond substituents is 1. The number of nitrogens with zero attached hydrogens (tertiary/aromatic N) is 2. The van der Waals surface area contributed by atoms with Gasteiger partial charge in [0.15, 0.2) is 5.75 Å². The van der Waals surface area contributed by atoms with Crippen molar-refractivity contribution in [2.24, 2.45) is 10.2 Å². The van der Waals surface area contributed by atoms with Crippen LogP contribution in [-0.4, -0.2) is 37.0 Å². The van der Waals surface area contributed by atoms with Gasteiger partial charge in [0.1, 0.15) is 10.6 Å². The zero-order valence-corrected chi connectivity index (χ0v) is 19.8. The minimum absolute atomic E-state index is 0.0499. The molecule has 1 amide bonds. The summed E-state index contributed by atoms with van der Waals surface area (Å²) in [7, 11) is -9.52. The van der Waals surface area contributed by atoms with Crippen molar-refractivity contribution >= 4 is 65.3 Å². The number of amides is 1. The van der Waals surface area contributed by atoms with Gasteiger partial charge < -0.3 is 10.4 Å². The van der Waals surface area contributed by atoms with Gasteiger partial charge >= 0.3 is 0 Å². The molecule has 35 heavy (non-hydrogen) atoms. The molecule has 0 aliphatic rings. The average Bonchev–Trinajstić information content (AvgIpc) is 3.33. The van der Waals surface area contributed by atoms with Gasteiger partial charge in [-0.05, 0) is 59.3 Å². The van der Waals surface area contributed by atoms with Crippen LogP contribution >= 0.6 is 11.3 Å². The van der Waals surface area contributed by atoms with Crippen molar-refractivity contribution in [3.8, 4) is 5.75 Å². The SMILES string of the molecule is O=C(Nc1ccc(N=Nc2c(O)c(S(=O)(=O)O)cc3cc(S(=O)(=O)O)ccc23)cc1)c1cccs1. The number of aromatic hydroxyl groups is 1. The third-order valence-electron chi connectivity index (χ3n) is 4.73. The van der Waals surface area contributed by atoms with Gasteiger partial charge in [0.05, 0.1) is 15.5 Å². The third-order valence-corrected chi connectivity index (χ3v) is 7.32. The number of fused-ring (bicyclic) bond motifs is 1. The largest absolute Gasteiger partial charge is 0.504 e. The van der Waals surface area contributed by atoms with Gasteiger partial charge in [-0.15, -0.1) is 16.5 Å². The topological polar surface area (TPSA) is 183 Å². The zero-order chi connectivity index (χ0) is 25.4. The summed E-state index contributed by atoms with van der Waals surface area (Å²) in [6, 6.07) is 13.6. The van der Waals surface area contributed by atoms with Crippen LogP contribution in [0.1, 0.15) is 9.67 Å². The molecule has 14 heteroatoms. The van der Waals surface area contributed by atoms with Crippen LogP contribution in [0.2, 0.25) is 0 Å². The summed E-state index contributed by atoms with van der Waals surface area (Å²) < 4.78 is 65.1. The molecule has 4 aromatic rings. The molecule has 0 aliphatic heterocycles. The molecule has 0 radical (unpaired) electrons. The molecule has 180 valence electrons. The normalized spacial score (nSPS) is 12.3. The molecule has 11 nitrogen and oxygen atoms in total. The highest BCUT2D eigenvalue weighted by molar-refractivity contribution is 7.86. The van der Waals surface area contributed by atoms with Crippen molar-refractivity contribution in [1.29, 1.82) is 0 Å². The van der Waals surface area contributed by atoms with Crippen LogP contribution < -0.4 is 5.32 Å². The third kappa shape index (κ3) is 5.36. The lowest BCUT2D eigenvalue weighted by molar-refractivity contribution is 0.103. The van der Waals surface area contributed by atoms with Gasteiger partial charge in [-0.1, -0.05) is 12.1 Å². The average molecular weight is 534 g/mol. The van der Waals surface area contributed by atoms with E-state index in [1.807, 2.05) is 0 Å². The lowest BCUT2D eigenvalue weighted by Gasteiger charge is -2.09. The summed E-state index contributed by atoms with van der Waals surface area (Å²) in [4.78, 5) is 11.2. The number of nitrogens with one attached hydrogen (secondary N) is 1. The summed E-state index contributed by atoms with van der Waals surface area (Å²) in [6.07, 6.45) is 0. The van der Waals surface area contributed by atoms with Crippen LogP contribution in [0.15, 0.2) is 86.1 Å². The molecule has 0 aliphatic carbocycles. The Balaban J connectivity index is 1.71. The second-order valence-electron chi connectivity index (χ2n) is 7.08. The predicted molar refractivity (Wildman–Crippen MR) is 128 cm³/mol. The quantitative estimate of drug-likeness (QED) is 0.202. The Morgan fingerprint density at radius 1 is 0.886 bits per heavy atom. The molecular weight excluding hydrogens is 518 g/mol. The lowest BCUT2D eigenvalue weighted by Crippen LogP contribution is -2.09. The number of anilines is 1. The molecule has 4 rings (SSSR count). The Morgan fingerprint density at radius 2 is 1.60 bits per heavy atom. The molecule has 0 unspecified atom stereocenters. The first-order valence-electron chi connectivity index (χ1n) is 9.55. The molecule has 4 N–H and O–H groups in total. The molecule has 0 atom stereocenters. The molecular formula is C21H15N3O8S3. The second kappa shape index (κ2) is 9.16. The van der Waals surface area contributed by atoms with E-state index in [4.69, 9.17) is 0 Å². The van der Waals surface area contributed by atoms with Crippen molar-refractivity contribution in [3.63, 3.8) is 0 Å². The first-order valence-corrected chi connectivity index (χ1v) is 13.3. The highest BCUT2D eigenvalue weighted by atomic mass is 32.2. The van der Waals surface area contributed by atoms with Gasteiger partial charge in [0.25, 0.3) is 26.1 Å². The smallest absolute Gasteiger partial charge is 0.298 e. The van der Waals surface area contributed by atoms with Gasteiger partial charge in [-0.3, -0.25) is 13.9 Å². The van der Waals surface area contributed by atoms with Crippen molar-refractivity contribution in [3.05, 3.63) is 70.9 Å². The van der Waals surface area contributed by atoms with Gasteiger partial charge in [-0.2, -0.15) is 21.9 Å². The minimum Gasteiger partial charge on any atom is -0.504 e. The number of carbonyl (C=O) groups is 1. The Labute approximate surface area is 202 Å². The van der Waals surface area contributed by atoms with E-state index in [1.54, 1.807) is 29.6 Å². The summed E-state index contributed by atoms with van der Waals surface area (Å²) in [5.74, 6) is -1.18. The van der Waals surface area contributed by atoms with E-state index in [9.17, 15) is 35.8 Å². The van der Waals surface area contributed by atoms with Crippen LogP contribution in [-0.2, 0) is 20.2 Å². The zero-order valence-electron chi connectivity index (χ0n) is 17.4.